The highest BCUT2D eigenvalue weighted by molar-refractivity contribution is 5.86. The molecule has 0 saturated heterocycles. The molecule has 5 rings (SSSR count). The number of amides is 1. The summed E-state index contributed by atoms with van der Waals surface area (Å²) in [4.78, 5) is 12.3. The first-order chi connectivity index (χ1) is 16.3. The summed E-state index contributed by atoms with van der Waals surface area (Å²) >= 11 is 0. The number of para-hydroxylation sites is 1. The zero-order valence-corrected chi connectivity index (χ0v) is 17.9. The summed E-state index contributed by atoms with van der Waals surface area (Å²) in [6, 6.07) is 27.5. The van der Waals surface area contributed by atoms with Gasteiger partial charge in [0.15, 0.2) is 11.5 Å². The van der Waals surface area contributed by atoms with E-state index in [0.29, 0.717) is 23.9 Å². The summed E-state index contributed by atoms with van der Waals surface area (Å²) in [5.41, 5.74) is 5.29. The van der Waals surface area contributed by atoms with E-state index in [1.54, 1.807) is 12.3 Å². The molecule has 1 aliphatic heterocycles. The van der Waals surface area contributed by atoms with Crippen molar-refractivity contribution in [2.75, 3.05) is 6.79 Å². The number of carbonyl (C=O) groups is 1. The molecular weight excluding hydrogens is 416 g/mol. The predicted octanol–water partition coefficient (Wildman–Crippen LogP) is 4.84. The maximum Gasteiger partial charge on any atom is 0.244 e. The standard InChI is InChI=1S/C27H22N2O4/c30-27(15-19-12-13-25-26(14-19)33-18-32-25)29-28-16-21-7-2-4-11-24(21)31-17-22-9-5-8-20-6-1-3-10-23(20)22/h1-14,16H,15,17-18H2,(H,29,30)/b28-16-. The summed E-state index contributed by atoms with van der Waals surface area (Å²) in [5.74, 6) is 1.82. The van der Waals surface area contributed by atoms with Crippen LogP contribution in [-0.4, -0.2) is 18.9 Å². The zero-order valence-electron chi connectivity index (χ0n) is 17.9. The van der Waals surface area contributed by atoms with E-state index in [2.05, 4.69) is 34.8 Å². The van der Waals surface area contributed by atoms with Crippen LogP contribution in [-0.2, 0) is 17.8 Å². The molecule has 0 aliphatic carbocycles. The van der Waals surface area contributed by atoms with Crippen molar-refractivity contribution in [3.8, 4) is 17.2 Å². The van der Waals surface area contributed by atoms with Crippen LogP contribution < -0.4 is 19.6 Å². The smallest absolute Gasteiger partial charge is 0.244 e. The lowest BCUT2D eigenvalue weighted by molar-refractivity contribution is -0.120. The van der Waals surface area contributed by atoms with E-state index in [9.17, 15) is 4.79 Å². The number of ether oxygens (including phenoxy) is 3. The zero-order chi connectivity index (χ0) is 22.5. The molecule has 4 aromatic rings. The van der Waals surface area contributed by atoms with Crippen molar-refractivity contribution in [3.05, 3.63) is 102 Å². The van der Waals surface area contributed by atoms with Crippen LogP contribution in [0.2, 0.25) is 0 Å². The number of rotatable bonds is 7. The third kappa shape index (κ3) is 4.80. The molecule has 6 nitrogen and oxygen atoms in total. The molecule has 0 bridgehead atoms. The number of carbonyl (C=O) groups excluding carboxylic acids is 1. The molecule has 6 heteroatoms. The van der Waals surface area contributed by atoms with Crippen molar-refractivity contribution < 1.29 is 19.0 Å². The minimum Gasteiger partial charge on any atom is -0.488 e. The molecule has 164 valence electrons. The van der Waals surface area contributed by atoms with Crippen LogP contribution >= 0.6 is 0 Å². The van der Waals surface area contributed by atoms with Gasteiger partial charge in [-0.25, -0.2) is 5.43 Å². The normalized spacial score (nSPS) is 12.2. The average Bonchev–Trinajstić information content (AvgIpc) is 3.31. The first-order valence-corrected chi connectivity index (χ1v) is 10.7. The Kier molecular flexibility index (Phi) is 5.89. The van der Waals surface area contributed by atoms with Crippen LogP contribution in [0, 0.1) is 0 Å². The monoisotopic (exact) mass is 438 g/mol. The van der Waals surface area contributed by atoms with E-state index in [4.69, 9.17) is 14.2 Å². The molecule has 0 spiro atoms. The summed E-state index contributed by atoms with van der Waals surface area (Å²) in [5, 5.41) is 6.46. The number of hydrazone groups is 1. The Morgan fingerprint density at radius 2 is 1.76 bits per heavy atom. The van der Waals surface area contributed by atoms with Crippen LogP contribution in [0.5, 0.6) is 17.2 Å². The van der Waals surface area contributed by atoms with E-state index in [1.165, 1.54) is 10.8 Å². The highest BCUT2D eigenvalue weighted by Gasteiger charge is 2.14. The van der Waals surface area contributed by atoms with E-state index >= 15 is 0 Å². The van der Waals surface area contributed by atoms with E-state index < -0.39 is 0 Å². The molecule has 1 aliphatic rings. The van der Waals surface area contributed by atoms with Crippen LogP contribution in [0.4, 0.5) is 0 Å². The van der Waals surface area contributed by atoms with Gasteiger partial charge in [-0.05, 0) is 46.2 Å². The SMILES string of the molecule is O=C(Cc1ccc2c(c1)OCO2)N/N=C\c1ccccc1OCc1cccc2ccccc12. The summed E-state index contributed by atoms with van der Waals surface area (Å²) < 4.78 is 16.7. The van der Waals surface area contributed by atoms with Crippen molar-refractivity contribution in [1.29, 1.82) is 0 Å². The number of hydrogen-bond acceptors (Lipinski definition) is 5. The van der Waals surface area contributed by atoms with Gasteiger partial charge in [-0.3, -0.25) is 4.79 Å². The Balaban J connectivity index is 1.22. The summed E-state index contributed by atoms with van der Waals surface area (Å²) in [7, 11) is 0. The minimum atomic E-state index is -0.223. The van der Waals surface area contributed by atoms with Gasteiger partial charge in [-0.1, -0.05) is 60.7 Å². The van der Waals surface area contributed by atoms with Gasteiger partial charge in [-0.2, -0.15) is 5.10 Å². The van der Waals surface area contributed by atoms with Gasteiger partial charge in [-0.15, -0.1) is 0 Å². The summed E-state index contributed by atoms with van der Waals surface area (Å²) in [6.07, 6.45) is 1.78. The lowest BCUT2D eigenvalue weighted by atomic mass is 10.1. The van der Waals surface area contributed by atoms with E-state index in [1.807, 2.05) is 54.6 Å². The van der Waals surface area contributed by atoms with Crippen LogP contribution in [0.15, 0.2) is 90.0 Å². The van der Waals surface area contributed by atoms with Gasteiger partial charge in [0.2, 0.25) is 12.7 Å². The molecule has 1 heterocycles. The van der Waals surface area contributed by atoms with Gasteiger partial charge < -0.3 is 14.2 Å². The fourth-order valence-electron chi connectivity index (χ4n) is 3.74. The van der Waals surface area contributed by atoms with Gasteiger partial charge in [0.05, 0.1) is 12.6 Å². The molecule has 1 N–H and O–H groups in total. The Labute approximate surface area is 191 Å². The largest absolute Gasteiger partial charge is 0.488 e. The minimum absolute atomic E-state index is 0.188. The highest BCUT2D eigenvalue weighted by Crippen LogP contribution is 2.32. The third-order valence-electron chi connectivity index (χ3n) is 5.38. The molecule has 0 fully saturated rings. The molecule has 0 aromatic heterocycles. The van der Waals surface area contributed by atoms with Crippen molar-refractivity contribution in [2.24, 2.45) is 5.10 Å². The Morgan fingerprint density at radius 3 is 2.73 bits per heavy atom. The third-order valence-corrected chi connectivity index (χ3v) is 5.38. The molecule has 0 saturated carbocycles. The first kappa shape index (κ1) is 20.6. The molecule has 1 amide bonds. The molecule has 33 heavy (non-hydrogen) atoms. The van der Waals surface area contributed by atoms with E-state index in [0.717, 1.165) is 16.7 Å². The van der Waals surface area contributed by atoms with Gasteiger partial charge in [0, 0.05) is 5.56 Å². The van der Waals surface area contributed by atoms with Crippen LogP contribution in [0.1, 0.15) is 16.7 Å². The molecule has 4 aromatic carbocycles. The van der Waals surface area contributed by atoms with Crippen molar-refractivity contribution in [1.82, 2.24) is 5.43 Å². The number of hydrogen-bond donors (Lipinski definition) is 1. The van der Waals surface area contributed by atoms with Crippen molar-refractivity contribution in [3.63, 3.8) is 0 Å². The maximum absolute atomic E-state index is 12.3. The van der Waals surface area contributed by atoms with Crippen LogP contribution in [0.25, 0.3) is 10.8 Å². The lowest BCUT2D eigenvalue weighted by Crippen LogP contribution is -2.19. The second kappa shape index (κ2) is 9.44. The number of nitrogens with one attached hydrogen (secondary N) is 1. The Hall–Kier alpha value is -4.32. The van der Waals surface area contributed by atoms with E-state index in [-0.39, 0.29) is 19.1 Å². The maximum atomic E-state index is 12.3. The fraction of sp³-hybridized carbons (Fsp3) is 0.111. The van der Waals surface area contributed by atoms with Gasteiger partial charge in [0.1, 0.15) is 12.4 Å². The molecule has 0 atom stereocenters. The number of fused-ring (bicyclic) bond motifs is 2. The van der Waals surface area contributed by atoms with Crippen LogP contribution in [0.3, 0.4) is 0 Å². The Morgan fingerprint density at radius 1 is 0.939 bits per heavy atom. The topological polar surface area (TPSA) is 69.2 Å². The number of nitrogens with zero attached hydrogens (tertiary/aromatic N) is 1. The molecule has 0 unspecified atom stereocenters. The van der Waals surface area contributed by atoms with Crippen molar-refractivity contribution in [2.45, 2.75) is 13.0 Å². The second-order valence-electron chi connectivity index (χ2n) is 7.62. The average molecular weight is 438 g/mol. The fourth-order valence-corrected chi connectivity index (χ4v) is 3.74. The first-order valence-electron chi connectivity index (χ1n) is 10.7. The quantitative estimate of drug-likeness (QED) is 0.331. The van der Waals surface area contributed by atoms with Crippen molar-refractivity contribution >= 4 is 22.9 Å². The van der Waals surface area contributed by atoms with Gasteiger partial charge >= 0.3 is 0 Å². The second-order valence-corrected chi connectivity index (χ2v) is 7.62. The Bertz CT molecular complexity index is 1330. The summed E-state index contributed by atoms with van der Waals surface area (Å²) in [6.45, 7) is 0.639. The predicted molar refractivity (Wildman–Crippen MR) is 127 cm³/mol. The lowest BCUT2D eigenvalue weighted by Gasteiger charge is -2.11. The number of benzene rings is 4. The molecular formula is C27H22N2O4. The molecule has 0 radical (unpaired) electrons. The van der Waals surface area contributed by atoms with Gasteiger partial charge in [0.25, 0.3) is 0 Å². The highest BCUT2D eigenvalue weighted by atomic mass is 16.7.